The van der Waals surface area contributed by atoms with Gasteiger partial charge in [0, 0.05) is 16.8 Å². The Balaban J connectivity index is 1.65. The monoisotopic (exact) mass is 383 g/mol. The predicted molar refractivity (Wildman–Crippen MR) is 103 cm³/mol. The summed E-state index contributed by atoms with van der Waals surface area (Å²) in [5.74, 6) is 1.31. The number of amides is 1. The topological polar surface area (TPSA) is 67.0 Å². The lowest BCUT2D eigenvalue weighted by molar-refractivity contribution is -0.113. The van der Waals surface area contributed by atoms with E-state index in [0.717, 1.165) is 28.1 Å². The first-order valence-electron chi connectivity index (χ1n) is 8.54. The summed E-state index contributed by atoms with van der Waals surface area (Å²) in [6.45, 7) is 2.28. The summed E-state index contributed by atoms with van der Waals surface area (Å²) >= 11 is 1.54. The average Bonchev–Trinajstić information content (AvgIpc) is 2.93. The molecule has 1 aliphatic heterocycles. The van der Waals surface area contributed by atoms with Crippen LogP contribution >= 0.6 is 11.8 Å². The Hall–Kier alpha value is -2.80. The third-order valence-electron chi connectivity index (χ3n) is 4.40. The van der Waals surface area contributed by atoms with Crippen molar-refractivity contribution in [2.45, 2.75) is 18.8 Å². The van der Waals surface area contributed by atoms with Gasteiger partial charge in [0.15, 0.2) is 5.82 Å². The Kier molecular flexibility index (Phi) is 4.85. The number of para-hydroxylation sites is 1. The molecule has 0 saturated heterocycles. The number of benzene rings is 2. The first-order valence-corrected chi connectivity index (χ1v) is 9.59. The van der Waals surface area contributed by atoms with Crippen molar-refractivity contribution in [3.8, 4) is 5.75 Å². The zero-order chi connectivity index (χ0) is 18.8. The van der Waals surface area contributed by atoms with Gasteiger partial charge in [-0.25, -0.2) is 4.39 Å². The second kappa shape index (κ2) is 7.44. The Morgan fingerprint density at radius 3 is 2.81 bits per heavy atom. The zero-order valence-corrected chi connectivity index (χ0v) is 15.5. The van der Waals surface area contributed by atoms with Crippen LogP contribution in [0.3, 0.4) is 0 Å². The molecule has 4 rings (SSSR count). The molecule has 1 aliphatic rings. The van der Waals surface area contributed by atoms with Gasteiger partial charge >= 0.3 is 0 Å². The number of anilines is 1. The van der Waals surface area contributed by atoms with Crippen LogP contribution in [0.1, 0.15) is 27.6 Å². The Labute approximate surface area is 160 Å². The molecule has 7 heteroatoms. The van der Waals surface area contributed by atoms with Crippen molar-refractivity contribution in [2.75, 3.05) is 11.1 Å². The summed E-state index contributed by atoms with van der Waals surface area (Å²) in [6.07, 6.45) is 0. The minimum absolute atomic E-state index is 0.0695. The van der Waals surface area contributed by atoms with Crippen LogP contribution in [0.2, 0.25) is 0 Å². The average molecular weight is 383 g/mol. The fourth-order valence-corrected chi connectivity index (χ4v) is 4.30. The molecule has 0 spiro atoms. The molecule has 0 radical (unpaired) electrons. The Morgan fingerprint density at radius 2 is 2.00 bits per heavy atom. The van der Waals surface area contributed by atoms with E-state index in [1.54, 1.807) is 23.9 Å². The highest BCUT2D eigenvalue weighted by Crippen LogP contribution is 2.45. The molecule has 27 heavy (non-hydrogen) atoms. The number of nitrogens with one attached hydrogen (secondary N) is 2. The number of ether oxygens (including phenoxy) is 1. The van der Waals surface area contributed by atoms with E-state index in [1.165, 1.54) is 12.1 Å². The SMILES string of the molecule is Cc1[nH]nc2c1[C@H](c1ccccc1OCc1ccc(F)cc1)SCC(=O)N2. The molecule has 3 aromatic rings. The van der Waals surface area contributed by atoms with Crippen molar-refractivity contribution in [2.24, 2.45) is 0 Å². The number of fused-ring (bicyclic) bond motifs is 1. The van der Waals surface area contributed by atoms with Crippen LogP contribution in [-0.2, 0) is 11.4 Å². The minimum atomic E-state index is -0.269. The van der Waals surface area contributed by atoms with Crippen molar-refractivity contribution in [1.29, 1.82) is 0 Å². The number of carbonyl (C=O) groups is 1. The lowest BCUT2D eigenvalue weighted by Crippen LogP contribution is -2.12. The van der Waals surface area contributed by atoms with Gasteiger partial charge in [-0.3, -0.25) is 9.89 Å². The third-order valence-corrected chi connectivity index (χ3v) is 5.66. The molecule has 1 atom stereocenters. The number of aromatic nitrogens is 2. The smallest absolute Gasteiger partial charge is 0.235 e. The maximum absolute atomic E-state index is 13.1. The fraction of sp³-hybridized carbons (Fsp3) is 0.200. The van der Waals surface area contributed by atoms with Crippen LogP contribution in [0.4, 0.5) is 10.2 Å². The third kappa shape index (κ3) is 3.68. The van der Waals surface area contributed by atoms with E-state index >= 15 is 0 Å². The Morgan fingerprint density at radius 1 is 1.22 bits per heavy atom. The molecular weight excluding hydrogens is 365 g/mol. The first kappa shape index (κ1) is 17.6. The summed E-state index contributed by atoms with van der Waals surface area (Å²) in [5, 5.41) is 9.95. The number of aromatic amines is 1. The van der Waals surface area contributed by atoms with Crippen molar-refractivity contribution in [3.05, 3.63) is 76.7 Å². The van der Waals surface area contributed by atoms with Crippen molar-refractivity contribution >= 4 is 23.5 Å². The maximum Gasteiger partial charge on any atom is 0.235 e. The van der Waals surface area contributed by atoms with E-state index in [1.807, 2.05) is 31.2 Å². The van der Waals surface area contributed by atoms with E-state index < -0.39 is 0 Å². The molecular formula is C20H18FN3O2S. The number of carbonyl (C=O) groups excluding carboxylic acids is 1. The van der Waals surface area contributed by atoms with Crippen LogP contribution < -0.4 is 10.1 Å². The summed E-state index contributed by atoms with van der Waals surface area (Å²) in [4.78, 5) is 12.0. The molecule has 0 saturated carbocycles. The number of halogens is 1. The molecule has 2 heterocycles. The molecule has 5 nitrogen and oxygen atoms in total. The molecule has 0 fully saturated rings. The number of hydrogen-bond donors (Lipinski definition) is 2. The van der Waals surface area contributed by atoms with Gasteiger partial charge in [0.25, 0.3) is 0 Å². The van der Waals surface area contributed by atoms with Crippen molar-refractivity contribution < 1.29 is 13.9 Å². The van der Waals surface area contributed by atoms with E-state index in [9.17, 15) is 9.18 Å². The molecule has 1 amide bonds. The van der Waals surface area contributed by atoms with Gasteiger partial charge in [-0.1, -0.05) is 30.3 Å². The molecule has 2 N–H and O–H groups in total. The van der Waals surface area contributed by atoms with Gasteiger partial charge in [0.05, 0.1) is 11.0 Å². The van der Waals surface area contributed by atoms with Gasteiger partial charge in [0.1, 0.15) is 18.2 Å². The standard InChI is InChI=1S/C20H18FN3O2S/c1-12-18-19(27-11-17(25)22-20(18)24-23-12)15-4-2-3-5-16(15)26-10-13-6-8-14(21)9-7-13/h2-9,19H,10-11H2,1H3,(H2,22,23,24,25)/t19-/m0/s1. The van der Waals surface area contributed by atoms with Gasteiger partial charge < -0.3 is 10.1 Å². The maximum atomic E-state index is 13.1. The largest absolute Gasteiger partial charge is 0.489 e. The Bertz CT molecular complexity index is 972. The first-order chi connectivity index (χ1) is 13.1. The highest BCUT2D eigenvalue weighted by molar-refractivity contribution is 8.00. The normalized spacial score (nSPS) is 16.4. The number of hydrogen-bond acceptors (Lipinski definition) is 4. The van der Waals surface area contributed by atoms with Crippen molar-refractivity contribution in [3.63, 3.8) is 0 Å². The van der Waals surface area contributed by atoms with Gasteiger partial charge in [-0.15, -0.1) is 11.8 Å². The van der Waals surface area contributed by atoms with Gasteiger partial charge in [-0.2, -0.15) is 5.10 Å². The second-order valence-corrected chi connectivity index (χ2v) is 7.40. The number of thioether (sulfide) groups is 1. The highest BCUT2D eigenvalue weighted by Gasteiger charge is 2.29. The van der Waals surface area contributed by atoms with Gasteiger partial charge in [0.2, 0.25) is 5.91 Å². The number of rotatable bonds is 4. The summed E-state index contributed by atoms with van der Waals surface area (Å²) in [6, 6.07) is 14.0. The van der Waals surface area contributed by atoms with Crippen LogP contribution in [0.25, 0.3) is 0 Å². The minimum Gasteiger partial charge on any atom is -0.489 e. The second-order valence-electron chi connectivity index (χ2n) is 6.30. The van der Waals surface area contributed by atoms with Crippen LogP contribution in [0.5, 0.6) is 5.75 Å². The quantitative estimate of drug-likeness (QED) is 0.708. The van der Waals surface area contributed by atoms with Crippen LogP contribution in [-0.4, -0.2) is 21.9 Å². The van der Waals surface area contributed by atoms with Gasteiger partial charge in [-0.05, 0) is 30.7 Å². The molecule has 0 unspecified atom stereocenters. The summed E-state index contributed by atoms with van der Waals surface area (Å²) < 4.78 is 19.1. The molecule has 138 valence electrons. The molecule has 0 aliphatic carbocycles. The molecule has 1 aromatic heterocycles. The van der Waals surface area contributed by atoms with Crippen LogP contribution in [0, 0.1) is 12.7 Å². The molecule has 2 aromatic carbocycles. The summed E-state index contributed by atoms with van der Waals surface area (Å²) in [5.41, 5.74) is 3.74. The zero-order valence-electron chi connectivity index (χ0n) is 14.7. The predicted octanol–water partition coefficient (Wildman–Crippen LogP) is 4.21. The van der Waals surface area contributed by atoms with Crippen molar-refractivity contribution in [1.82, 2.24) is 10.2 Å². The van der Waals surface area contributed by atoms with E-state index in [2.05, 4.69) is 15.5 Å². The molecule has 0 bridgehead atoms. The number of H-pyrrole nitrogens is 1. The lowest BCUT2D eigenvalue weighted by Gasteiger charge is -2.19. The lowest BCUT2D eigenvalue weighted by atomic mass is 10.0. The highest BCUT2D eigenvalue weighted by atomic mass is 32.2. The van der Waals surface area contributed by atoms with E-state index in [-0.39, 0.29) is 17.0 Å². The summed E-state index contributed by atoms with van der Waals surface area (Å²) in [7, 11) is 0. The van der Waals surface area contributed by atoms with E-state index in [0.29, 0.717) is 18.2 Å². The number of nitrogens with zero attached hydrogens (tertiary/aromatic N) is 1. The number of aryl methyl sites for hydroxylation is 1. The fourth-order valence-electron chi connectivity index (χ4n) is 3.08. The van der Waals surface area contributed by atoms with Crippen LogP contribution in [0.15, 0.2) is 48.5 Å². The van der Waals surface area contributed by atoms with E-state index in [4.69, 9.17) is 4.74 Å².